The van der Waals surface area contributed by atoms with E-state index in [4.69, 9.17) is 14.2 Å². The molecule has 2 atom stereocenters. The van der Waals surface area contributed by atoms with Crippen LogP contribution in [0.4, 0.5) is 0 Å². The van der Waals surface area contributed by atoms with Crippen LogP contribution in [0.2, 0.25) is 0 Å². The lowest BCUT2D eigenvalue weighted by Gasteiger charge is -2.31. The number of allylic oxidation sites excluding steroid dienone is 2. The van der Waals surface area contributed by atoms with E-state index in [-0.39, 0.29) is 36.2 Å². The summed E-state index contributed by atoms with van der Waals surface area (Å²) in [5.41, 5.74) is 0. The van der Waals surface area contributed by atoms with Crippen molar-refractivity contribution in [2.24, 2.45) is 0 Å². The van der Waals surface area contributed by atoms with Gasteiger partial charge in [-0.3, -0.25) is 9.59 Å². The fraction of sp³-hybridized carbons (Fsp3) is 0.912. The summed E-state index contributed by atoms with van der Waals surface area (Å²) in [6.45, 7) is 4.79. The van der Waals surface area contributed by atoms with Gasteiger partial charge in [-0.2, -0.15) is 0 Å². The summed E-state index contributed by atoms with van der Waals surface area (Å²) >= 11 is 0. The Morgan fingerprint density at radius 1 is 0.446 bits per heavy atom. The quantitative estimate of drug-likeness (QED) is 0.0281. The number of ether oxygens (including phenoxy) is 3. The van der Waals surface area contributed by atoms with Crippen molar-refractivity contribution in [2.45, 2.75) is 296 Å². The van der Waals surface area contributed by atoms with Crippen molar-refractivity contribution in [3.63, 3.8) is 0 Å². The van der Waals surface area contributed by atoms with Gasteiger partial charge in [-0.15, -0.1) is 0 Å². The van der Waals surface area contributed by atoms with Crippen molar-refractivity contribution in [1.82, 2.24) is 0 Å². The minimum atomic E-state index is -0.871. The first-order chi connectivity index (χ1) is 31.6. The lowest BCUT2D eigenvalue weighted by molar-refractivity contribution is -0.887. The van der Waals surface area contributed by atoms with Crippen LogP contribution >= 0.6 is 0 Å². The van der Waals surface area contributed by atoms with Gasteiger partial charge in [0, 0.05) is 19.3 Å². The number of nitrogens with zero attached hydrogens (tertiary/aromatic N) is 1. The SMILES string of the molecule is CCCCCCCCCCC/C=C/CCCCCCCC(=O)OC(COCCC(C(=O)O)[N+](C)(C)C)COC(=O)CCCCCCCCCCCCCCCCCCCCCCCCC. The zero-order chi connectivity index (χ0) is 47.7. The van der Waals surface area contributed by atoms with Gasteiger partial charge in [0.25, 0.3) is 0 Å². The Kier molecular flexibility index (Phi) is 47.1. The molecule has 8 heteroatoms. The maximum Gasteiger partial charge on any atom is 0.362 e. The summed E-state index contributed by atoms with van der Waals surface area (Å²) < 4.78 is 17.4. The van der Waals surface area contributed by atoms with Crippen LogP contribution in [-0.4, -0.2) is 80.6 Å². The van der Waals surface area contributed by atoms with Gasteiger partial charge in [-0.1, -0.05) is 238 Å². The van der Waals surface area contributed by atoms with E-state index in [1.54, 1.807) is 0 Å². The molecule has 0 aliphatic rings. The Balaban J connectivity index is 4.13. The van der Waals surface area contributed by atoms with E-state index >= 15 is 0 Å². The molecule has 0 bridgehead atoms. The number of unbranched alkanes of at least 4 members (excludes halogenated alkanes) is 36. The lowest BCUT2D eigenvalue weighted by Crippen LogP contribution is -2.50. The summed E-state index contributed by atoms with van der Waals surface area (Å²) in [4.78, 5) is 37.2. The summed E-state index contributed by atoms with van der Waals surface area (Å²) in [6.07, 6.45) is 55.6. The molecule has 0 saturated heterocycles. The van der Waals surface area contributed by atoms with Crippen molar-refractivity contribution in [2.75, 3.05) is 41.0 Å². The second-order valence-corrected chi connectivity index (χ2v) is 20.6. The van der Waals surface area contributed by atoms with Crippen molar-refractivity contribution in [3.8, 4) is 0 Å². The lowest BCUT2D eigenvalue weighted by atomic mass is 10.0. The minimum absolute atomic E-state index is 0.0474. The van der Waals surface area contributed by atoms with Gasteiger partial charge in [0.15, 0.2) is 12.1 Å². The third-order valence-corrected chi connectivity index (χ3v) is 13.2. The van der Waals surface area contributed by atoms with Gasteiger partial charge in [0.05, 0.1) is 34.4 Å². The van der Waals surface area contributed by atoms with Crippen molar-refractivity contribution in [1.29, 1.82) is 0 Å². The molecule has 0 amide bonds. The molecule has 1 N–H and O–H groups in total. The topological polar surface area (TPSA) is 99.1 Å². The Labute approximate surface area is 403 Å². The normalized spacial score (nSPS) is 12.8. The van der Waals surface area contributed by atoms with E-state index in [0.717, 1.165) is 51.4 Å². The molecule has 2 unspecified atom stereocenters. The first-order valence-corrected chi connectivity index (χ1v) is 28.2. The van der Waals surface area contributed by atoms with Crippen LogP contribution in [0.3, 0.4) is 0 Å². The van der Waals surface area contributed by atoms with E-state index in [1.165, 1.54) is 199 Å². The number of likely N-dealkylation sites (N-methyl/N-ethyl adjacent to an activating group) is 1. The summed E-state index contributed by atoms with van der Waals surface area (Å²) in [5.74, 6) is -1.45. The fourth-order valence-electron chi connectivity index (χ4n) is 8.80. The highest BCUT2D eigenvalue weighted by atomic mass is 16.6. The molecule has 0 saturated carbocycles. The Bertz CT molecular complexity index is 1070. The van der Waals surface area contributed by atoms with E-state index < -0.39 is 18.1 Å². The van der Waals surface area contributed by atoms with Crippen LogP contribution in [0.15, 0.2) is 12.2 Å². The standard InChI is InChI=1S/C57H109NO7/c1-6-8-10-12-14-16-18-20-22-24-26-27-28-29-30-32-33-35-37-39-41-43-45-47-55(59)64-52-53(51-63-50-49-54(57(61)62)58(3,4)5)65-56(60)48-46-44-42-40-38-36-34-31-25-23-21-19-17-15-13-11-9-7-2/h31,34,53-54H,6-30,32-33,35-52H2,1-5H3/p+1/b34-31+. The van der Waals surface area contributed by atoms with Crippen molar-refractivity contribution in [3.05, 3.63) is 12.2 Å². The zero-order valence-corrected chi connectivity index (χ0v) is 44.0. The fourth-order valence-corrected chi connectivity index (χ4v) is 8.80. The van der Waals surface area contributed by atoms with Crippen LogP contribution in [0.25, 0.3) is 0 Å². The number of hydrogen-bond donors (Lipinski definition) is 1. The van der Waals surface area contributed by atoms with Crippen molar-refractivity contribution >= 4 is 17.9 Å². The van der Waals surface area contributed by atoms with Crippen LogP contribution < -0.4 is 0 Å². The van der Waals surface area contributed by atoms with Gasteiger partial charge in [0.1, 0.15) is 6.61 Å². The largest absolute Gasteiger partial charge is 0.477 e. The average molecular weight is 922 g/mol. The van der Waals surface area contributed by atoms with Crippen LogP contribution in [0.5, 0.6) is 0 Å². The zero-order valence-electron chi connectivity index (χ0n) is 44.0. The molecule has 8 nitrogen and oxygen atoms in total. The predicted molar refractivity (Wildman–Crippen MR) is 276 cm³/mol. The first kappa shape index (κ1) is 63.1. The third-order valence-electron chi connectivity index (χ3n) is 13.2. The molecule has 0 radical (unpaired) electrons. The number of quaternary nitrogens is 1. The Morgan fingerprint density at radius 2 is 0.769 bits per heavy atom. The van der Waals surface area contributed by atoms with Gasteiger partial charge in [0.2, 0.25) is 0 Å². The molecule has 0 aliphatic carbocycles. The Morgan fingerprint density at radius 3 is 1.11 bits per heavy atom. The van der Waals surface area contributed by atoms with E-state index in [0.29, 0.717) is 19.3 Å². The second kappa shape index (κ2) is 48.5. The number of rotatable bonds is 52. The number of aliphatic carboxylic acids is 1. The number of hydrogen-bond acceptors (Lipinski definition) is 6. The molecule has 0 aliphatic heterocycles. The maximum atomic E-state index is 12.8. The summed E-state index contributed by atoms with van der Waals surface area (Å²) in [5, 5.41) is 9.67. The van der Waals surface area contributed by atoms with Gasteiger partial charge >= 0.3 is 17.9 Å². The molecule has 65 heavy (non-hydrogen) atoms. The number of esters is 2. The number of carboxylic acid groups (broad SMARTS) is 1. The average Bonchev–Trinajstić information content (AvgIpc) is 3.27. The van der Waals surface area contributed by atoms with Gasteiger partial charge in [-0.05, 0) is 38.5 Å². The van der Waals surface area contributed by atoms with E-state index in [9.17, 15) is 19.5 Å². The van der Waals surface area contributed by atoms with Crippen LogP contribution in [0.1, 0.15) is 284 Å². The molecular formula is C57H110NO7+. The monoisotopic (exact) mass is 921 g/mol. The molecular weight excluding hydrogens is 811 g/mol. The minimum Gasteiger partial charge on any atom is -0.477 e. The number of carbonyl (C=O) groups excluding carboxylic acids is 2. The molecule has 0 aromatic heterocycles. The van der Waals surface area contributed by atoms with Crippen LogP contribution in [-0.2, 0) is 28.6 Å². The Hall–Kier alpha value is -1.93. The molecule has 0 spiro atoms. The predicted octanol–water partition coefficient (Wildman–Crippen LogP) is 16.6. The smallest absolute Gasteiger partial charge is 0.362 e. The van der Waals surface area contributed by atoms with Crippen molar-refractivity contribution < 1.29 is 38.2 Å². The second-order valence-electron chi connectivity index (χ2n) is 20.6. The van der Waals surface area contributed by atoms with Gasteiger partial charge in [-0.25, -0.2) is 4.79 Å². The summed E-state index contributed by atoms with van der Waals surface area (Å²) in [7, 11) is 5.55. The highest BCUT2D eigenvalue weighted by Crippen LogP contribution is 2.17. The van der Waals surface area contributed by atoms with Gasteiger partial charge < -0.3 is 23.8 Å². The third kappa shape index (κ3) is 46.9. The molecule has 0 aromatic carbocycles. The van der Waals surface area contributed by atoms with Crippen LogP contribution in [0, 0.1) is 0 Å². The maximum absolute atomic E-state index is 12.8. The summed E-state index contributed by atoms with van der Waals surface area (Å²) in [6, 6.07) is -0.613. The highest BCUT2D eigenvalue weighted by molar-refractivity contribution is 5.72. The molecule has 0 aromatic rings. The molecule has 384 valence electrons. The molecule has 0 heterocycles. The molecule has 0 fully saturated rings. The number of carbonyl (C=O) groups is 3. The number of carboxylic acids is 1. The van der Waals surface area contributed by atoms with E-state index in [2.05, 4.69) is 26.0 Å². The molecule has 0 rings (SSSR count). The highest BCUT2D eigenvalue weighted by Gasteiger charge is 2.31. The van der Waals surface area contributed by atoms with E-state index in [1.807, 2.05) is 21.1 Å². The first-order valence-electron chi connectivity index (χ1n) is 28.2.